The van der Waals surface area contributed by atoms with Crippen LogP contribution in [0.4, 0.5) is 14.5 Å². The predicted octanol–water partition coefficient (Wildman–Crippen LogP) is 4.13. The van der Waals surface area contributed by atoms with Crippen molar-refractivity contribution < 1.29 is 8.78 Å². The summed E-state index contributed by atoms with van der Waals surface area (Å²) in [6, 6.07) is 4.10. The minimum Gasteiger partial charge on any atom is -0.371 e. The van der Waals surface area contributed by atoms with E-state index in [1.54, 1.807) is 17.4 Å². The van der Waals surface area contributed by atoms with Gasteiger partial charge in [0, 0.05) is 43.3 Å². The van der Waals surface area contributed by atoms with Gasteiger partial charge in [-0.05, 0) is 37.3 Å². The number of guanidine groups is 1. The van der Waals surface area contributed by atoms with Gasteiger partial charge in [0.05, 0.1) is 12.2 Å². The predicted molar refractivity (Wildman–Crippen MR) is 116 cm³/mol. The first-order chi connectivity index (χ1) is 14.0. The quantitative estimate of drug-likeness (QED) is 0.522. The fourth-order valence-corrected chi connectivity index (χ4v) is 4.19. The third-order valence-corrected chi connectivity index (χ3v) is 5.84. The van der Waals surface area contributed by atoms with Crippen LogP contribution in [0.1, 0.15) is 43.8 Å². The van der Waals surface area contributed by atoms with Crippen LogP contribution in [0.5, 0.6) is 0 Å². The summed E-state index contributed by atoms with van der Waals surface area (Å²) in [7, 11) is 0. The Hall–Kier alpha value is -2.22. The summed E-state index contributed by atoms with van der Waals surface area (Å²) in [5, 5.41) is 9.79. The van der Waals surface area contributed by atoms with Crippen LogP contribution in [0.15, 0.2) is 28.6 Å². The van der Waals surface area contributed by atoms with Crippen molar-refractivity contribution in [2.24, 2.45) is 10.9 Å². The molecule has 2 N–H and O–H groups in total. The van der Waals surface area contributed by atoms with Crippen molar-refractivity contribution >= 4 is 23.0 Å². The van der Waals surface area contributed by atoms with E-state index in [1.165, 1.54) is 12.1 Å². The topological polar surface area (TPSA) is 52.6 Å². The number of thiazole rings is 1. The van der Waals surface area contributed by atoms with Gasteiger partial charge >= 0.3 is 0 Å². The van der Waals surface area contributed by atoms with Crippen molar-refractivity contribution in [2.45, 2.75) is 39.7 Å². The molecule has 1 aliphatic heterocycles. The fraction of sp³-hybridized carbons (Fsp3) is 0.524. The van der Waals surface area contributed by atoms with Crippen molar-refractivity contribution in [3.8, 4) is 0 Å². The zero-order valence-corrected chi connectivity index (χ0v) is 18.0. The zero-order valence-electron chi connectivity index (χ0n) is 17.2. The number of benzene rings is 1. The molecule has 0 spiro atoms. The highest BCUT2D eigenvalue weighted by Crippen LogP contribution is 2.25. The summed E-state index contributed by atoms with van der Waals surface area (Å²) in [5.74, 6) is 0.0153. The lowest BCUT2D eigenvalue weighted by molar-refractivity contribution is 0.508. The largest absolute Gasteiger partial charge is 0.371 e. The molecule has 1 saturated heterocycles. The Balaban J connectivity index is 1.52. The highest BCUT2D eigenvalue weighted by molar-refractivity contribution is 7.09. The Morgan fingerprint density at radius 1 is 1.31 bits per heavy atom. The molecule has 0 bridgehead atoms. The molecule has 158 valence electrons. The van der Waals surface area contributed by atoms with Crippen molar-refractivity contribution in [2.75, 3.05) is 31.1 Å². The summed E-state index contributed by atoms with van der Waals surface area (Å²) >= 11 is 1.64. The molecule has 1 fully saturated rings. The van der Waals surface area contributed by atoms with Crippen molar-refractivity contribution in [3.05, 3.63) is 45.9 Å². The second kappa shape index (κ2) is 10.0. The average molecular weight is 422 g/mol. The van der Waals surface area contributed by atoms with Gasteiger partial charge in [-0.3, -0.25) is 0 Å². The van der Waals surface area contributed by atoms with E-state index in [-0.39, 0.29) is 0 Å². The van der Waals surface area contributed by atoms with E-state index in [1.807, 2.05) is 6.92 Å². The van der Waals surface area contributed by atoms with Crippen molar-refractivity contribution in [3.63, 3.8) is 0 Å². The van der Waals surface area contributed by atoms with E-state index < -0.39 is 11.6 Å². The molecule has 29 heavy (non-hydrogen) atoms. The Labute approximate surface area is 175 Å². The van der Waals surface area contributed by atoms with Gasteiger partial charge in [0.1, 0.15) is 5.01 Å². The lowest BCUT2D eigenvalue weighted by atomic mass is 10.1. The number of aliphatic imine (C=N–C) groups is 1. The Morgan fingerprint density at radius 2 is 2.14 bits per heavy atom. The molecule has 8 heteroatoms. The van der Waals surface area contributed by atoms with E-state index in [4.69, 9.17) is 0 Å². The van der Waals surface area contributed by atoms with Crippen LogP contribution in [0.25, 0.3) is 0 Å². The first kappa shape index (κ1) is 21.5. The molecule has 5 nitrogen and oxygen atoms in total. The highest BCUT2D eigenvalue weighted by Gasteiger charge is 2.23. The summed E-state index contributed by atoms with van der Waals surface area (Å²) in [5.41, 5.74) is 1.85. The lowest BCUT2D eigenvalue weighted by Gasteiger charge is -2.19. The Bertz CT molecular complexity index is 836. The number of anilines is 1. The molecule has 1 atom stereocenters. The normalized spacial score (nSPS) is 17.2. The van der Waals surface area contributed by atoms with E-state index in [0.29, 0.717) is 18.4 Å². The summed E-state index contributed by atoms with van der Waals surface area (Å²) in [6.45, 7) is 10.1. The second-order valence-electron chi connectivity index (χ2n) is 7.60. The molecule has 2 heterocycles. The number of aromatic nitrogens is 1. The van der Waals surface area contributed by atoms with Gasteiger partial charge in [-0.15, -0.1) is 11.3 Å². The van der Waals surface area contributed by atoms with Crippen LogP contribution >= 0.6 is 11.3 Å². The first-order valence-corrected chi connectivity index (χ1v) is 11.0. The number of nitrogens with one attached hydrogen (secondary N) is 2. The van der Waals surface area contributed by atoms with Crippen LogP contribution in [-0.4, -0.2) is 37.1 Å². The maximum absolute atomic E-state index is 13.5. The van der Waals surface area contributed by atoms with Crippen LogP contribution in [-0.2, 0) is 6.54 Å². The Kier molecular flexibility index (Phi) is 7.41. The number of hydrogen-bond donors (Lipinski definition) is 2. The standard InChI is InChI=1S/C21H29F2N5S/c1-4-24-21(26-11-20-27-19(13-29-20)14(2)3)25-10-15-7-8-28(12-15)16-5-6-17(22)18(23)9-16/h5-6,9,13-15H,4,7-8,10-12H2,1-3H3,(H2,24,25,26). The van der Waals surface area contributed by atoms with Gasteiger partial charge in [-0.1, -0.05) is 13.8 Å². The zero-order chi connectivity index (χ0) is 20.8. The van der Waals surface area contributed by atoms with E-state index in [0.717, 1.165) is 54.9 Å². The van der Waals surface area contributed by atoms with Gasteiger partial charge in [0.15, 0.2) is 17.6 Å². The number of rotatable bonds is 7. The van der Waals surface area contributed by atoms with Crippen molar-refractivity contribution in [1.29, 1.82) is 0 Å². The molecule has 3 rings (SSSR count). The molecule has 1 aromatic heterocycles. The van der Waals surface area contributed by atoms with Gasteiger partial charge in [0.25, 0.3) is 0 Å². The molecule has 2 aromatic rings. The lowest BCUT2D eigenvalue weighted by Crippen LogP contribution is -2.40. The molecule has 0 radical (unpaired) electrons. The minimum absolute atomic E-state index is 0.416. The molecular weight excluding hydrogens is 392 g/mol. The Morgan fingerprint density at radius 3 is 2.83 bits per heavy atom. The number of hydrogen-bond acceptors (Lipinski definition) is 4. The van der Waals surface area contributed by atoms with Gasteiger partial charge < -0.3 is 15.5 Å². The van der Waals surface area contributed by atoms with Gasteiger partial charge in [-0.25, -0.2) is 18.8 Å². The maximum Gasteiger partial charge on any atom is 0.191 e. The number of nitrogens with zero attached hydrogens (tertiary/aromatic N) is 3. The van der Waals surface area contributed by atoms with Crippen molar-refractivity contribution in [1.82, 2.24) is 15.6 Å². The molecule has 0 saturated carbocycles. The molecule has 1 aromatic carbocycles. The smallest absolute Gasteiger partial charge is 0.191 e. The minimum atomic E-state index is -0.807. The second-order valence-corrected chi connectivity index (χ2v) is 8.54. The molecule has 1 unspecified atom stereocenters. The van der Waals surface area contributed by atoms with E-state index >= 15 is 0 Å². The summed E-state index contributed by atoms with van der Waals surface area (Å²) in [4.78, 5) is 11.4. The van der Waals surface area contributed by atoms with Gasteiger partial charge in [0.2, 0.25) is 0 Å². The van der Waals surface area contributed by atoms with E-state index in [9.17, 15) is 8.78 Å². The molecule has 0 aliphatic carbocycles. The molecule has 0 amide bonds. The van der Waals surface area contributed by atoms with Crippen LogP contribution < -0.4 is 15.5 Å². The number of halogens is 2. The summed E-state index contributed by atoms with van der Waals surface area (Å²) < 4.78 is 26.6. The maximum atomic E-state index is 13.5. The van der Waals surface area contributed by atoms with Crippen LogP contribution in [0.3, 0.4) is 0 Å². The van der Waals surface area contributed by atoms with Crippen LogP contribution in [0.2, 0.25) is 0 Å². The monoisotopic (exact) mass is 421 g/mol. The van der Waals surface area contributed by atoms with E-state index in [2.05, 4.69) is 44.7 Å². The first-order valence-electron chi connectivity index (χ1n) is 10.1. The molecular formula is C21H29F2N5S. The van der Waals surface area contributed by atoms with Gasteiger partial charge in [-0.2, -0.15) is 0 Å². The third kappa shape index (κ3) is 5.88. The third-order valence-electron chi connectivity index (χ3n) is 4.99. The summed E-state index contributed by atoms with van der Waals surface area (Å²) in [6.07, 6.45) is 0.996. The SMILES string of the molecule is CCNC(=NCc1nc(C(C)C)cs1)NCC1CCN(c2ccc(F)c(F)c2)C1. The average Bonchev–Trinajstić information content (AvgIpc) is 3.36. The molecule has 1 aliphatic rings. The fourth-order valence-electron chi connectivity index (χ4n) is 3.31. The van der Waals surface area contributed by atoms with Crippen LogP contribution in [0, 0.1) is 17.6 Å². The highest BCUT2D eigenvalue weighted by atomic mass is 32.1.